The van der Waals surface area contributed by atoms with E-state index in [1.54, 1.807) is 60.9 Å². The number of likely N-dealkylation sites (tertiary alicyclic amines) is 1. The van der Waals surface area contributed by atoms with Crippen molar-refractivity contribution in [3.05, 3.63) is 89.6 Å². The molecular formula is C22H18N2O5. The van der Waals surface area contributed by atoms with Crippen molar-refractivity contribution in [3.63, 3.8) is 0 Å². The fourth-order valence-corrected chi connectivity index (χ4v) is 3.40. The molecule has 1 unspecified atom stereocenters. The lowest BCUT2D eigenvalue weighted by molar-refractivity contribution is -0.140. The third kappa shape index (κ3) is 3.38. The number of aliphatic hydroxyl groups excluding tert-OH is 1. The topological polar surface area (TPSA) is 92.9 Å². The molecule has 1 atom stereocenters. The molecule has 0 spiro atoms. The van der Waals surface area contributed by atoms with Crippen LogP contribution in [0.1, 0.15) is 22.9 Å². The predicted octanol–water partition coefficient (Wildman–Crippen LogP) is 3.31. The molecule has 1 saturated heterocycles. The highest BCUT2D eigenvalue weighted by Crippen LogP contribution is 2.40. The van der Waals surface area contributed by atoms with Crippen molar-refractivity contribution in [2.45, 2.75) is 12.6 Å². The second-order valence-electron chi connectivity index (χ2n) is 6.52. The van der Waals surface area contributed by atoms with Gasteiger partial charge in [-0.1, -0.05) is 6.07 Å². The first-order valence-corrected chi connectivity index (χ1v) is 8.95. The lowest BCUT2D eigenvalue weighted by Gasteiger charge is -2.24. The Labute approximate surface area is 166 Å². The standard InChI is InChI=1S/C22H18N2O5/c1-28-16-8-6-14(7-9-16)20(25)18-19(15-4-2-10-23-12-15)24(22(27)21(18)26)13-17-5-3-11-29-17/h2-12,19,25H,13H2,1H3/b20-18+. The number of hydrogen-bond acceptors (Lipinski definition) is 6. The van der Waals surface area contributed by atoms with E-state index in [4.69, 9.17) is 9.15 Å². The minimum atomic E-state index is -0.782. The average Bonchev–Trinajstić information content (AvgIpc) is 3.36. The van der Waals surface area contributed by atoms with Crippen molar-refractivity contribution in [2.24, 2.45) is 0 Å². The highest BCUT2D eigenvalue weighted by Gasteiger charge is 2.46. The number of methoxy groups -OCH3 is 1. The molecule has 1 amide bonds. The van der Waals surface area contributed by atoms with Gasteiger partial charge in [0.1, 0.15) is 17.3 Å². The molecule has 1 aliphatic rings. The Hall–Kier alpha value is -3.87. The summed E-state index contributed by atoms with van der Waals surface area (Å²) in [5.41, 5.74) is 1.05. The van der Waals surface area contributed by atoms with Crippen molar-refractivity contribution in [2.75, 3.05) is 7.11 Å². The Balaban J connectivity index is 1.83. The van der Waals surface area contributed by atoms with Crippen LogP contribution in [0, 0.1) is 0 Å². The smallest absolute Gasteiger partial charge is 0.296 e. The highest BCUT2D eigenvalue weighted by molar-refractivity contribution is 6.46. The molecule has 1 fully saturated rings. The van der Waals surface area contributed by atoms with Crippen LogP contribution in [0.3, 0.4) is 0 Å². The molecule has 1 aromatic carbocycles. The van der Waals surface area contributed by atoms with E-state index in [1.165, 1.54) is 18.3 Å². The number of Topliss-reactive ketones (excluding diaryl/α,β-unsaturated/α-hetero) is 1. The van der Waals surface area contributed by atoms with Gasteiger partial charge in [-0.15, -0.1) is 0 Å². The van der Waals surface area contributed by atoms with Crippen LogP contribution >= 0.6 is 0 Å². The van der Waals surface area contributed by atoms with Crippen LogP contribution in [-0.4, -0.2) is 33.8 Å². The molecule has 1 N–H and O–H groups in total. The number of ether oxygens (including phenoxy) is 1. The van der Waals surface area contributed by atoms with Gasteiger partial charge in [-0.05, 0) is 48.0 Å². The van der Waals surface area contributed by atoms with Crippen LogP contribution in [0.25, 0.3) is 5.76 Å². The Bertz CT molecular complexity index is 1060. The summed E-state index contributed by atoms with van der Waals surface area (Å²) in [6.07, 6.45) is 4.68. The number of amides is 1. The first-order valence-electron chi connectivity index (χ1n) is 8.95. The summed E-state index contributed by atoms with van der Waals surface area (Å²) in [4.78, 5) is 31.2. The quantitative estimate of drug-likeness (QED) is 0.408. The van der Waals surface area contributed by atoms with E-state index < -0.39 is 17.7 Å². The average molecular weight is 390 g/mol. The van der Waals surface area contributed by atoms with Gasteiger partial charge in [0.15, 0.2) is 0 Å². The zero-order valence-corrected chi connectivity index (χ0v) is 15.6. The number of carbonyl (C=O) groups is 2. The molecule has 2 aromatic heterocycles. The van der Waals surface area contributed by atoms with Crippen LogP contribution in [0.4, 0.5) is 0 Å². The number of carbonyl (C=O) groups excluding carboxylic acids is 2. The first-order chi connectivity index (χ1) is 14.1. The fourth-order valence-electron chi connectivity index (χ4n) is 3.40. The fraction of sp³-hybridized carbons (Fsp3) is 0.136. The Morgan fingerprint density at radius 3 is 2.59 bits per heavy atom. The minimum Gasteiger partial charge on any atom is -0.507 e. The summed E-state index contributed by atoms with van der Waals surface area (Å²) < 4.78 is 10.5. The van der Waals surface area contributed by atoms with Crippen molar-refractivity contribution in [3.8, 4) is 5.75 Å². The second-order valence-corrected chi connectivity index (χ2v) is 6.52. The van der Waals surface area contributed by atoms with Gasteiger partial charge < -0.3 is 19.2 Å². The molecule has 0 saturated carbocycles. The first kappa shape index (κ1) is 18.5. The molecule has 3 heterocycles. The number of pyridine rings is 1. The number of hydrogen-bond donors (Lipinski definition) is 1. The van der Waals surface area contributed by atoms with E-state index in [0.29, 0.717) is 22.6 Å². The van der Waals surface area contributed by atoms with E-state index >= 15 is 0 Å². The molecule has 4 rings (SSSR count). The molecule has 3 aromatic rings. The minimum absolute atomic E-state index is 0.0136. The molecular weight excluding hydrogens is 372 g/mol. The summed E-state index contributed by atoms with van der Waals surface area (Å²) in [6.45, 7) is 0.0938. The van der Waals surface area contributed by atoms with Gasteiger partial charge in [-0.3, -0.25) is 14.6 Å². The lowest BCUT2D eigenvalue weighted by atomic mass is 9.96. The Morgan fingerprint density at radius 1 is 1.17 bits per heavy atom. The molecule has 0 radical (unpaired) electrons. The van der Waals surface area contributed by atoms with Crippen molar-refractivity contribution < 1.29 is 23.8 Å². The summed E-state index contributed by atoms with van der Waals surface area (Å²) >= 11 is 0. The molecule has 146 valence electrons. The maximum absolute atomic E-state index is 12.9. The molecule has 1 aliphatic heterocycles. The summed E-state index contributed by atoms with van der Waals surface area (Å²) in [5.74, 6) is -0.556. The molecule has 7 heteroatoms. The molecule has 0 aliphatic carbocycles. The summed E-state index contributed by atoms with van der Waals surface area (Å²) in [5, 5.41) is 10.9. The van der Waals surface area contributed by atoms with E-state index in [1.807, 2.05) is 0 Å². The zero-order chi connectivity index (χ0) is 20.4. The number of rotatable bonds is 5. The van der Waals surface area contributed by atoms with Crippen LogP contribution < -0.4 is 4.74 Å². The van der Waals surface area contributed by atoms with Crippen molar-refractivity contribution in [1.29, 1.82) is 0 Å². The number of aromatic nitrogens is 1. The van der Waals surface area contributed by atoms with E-state index in [0.717, 1.165) is 0 Å². The van der Waals surface area contributed by atoms with Gasteiger partial charge >= 0.3 is 0 Å². The van der Waals surface area contributed by atoms with Gasteiger partial charge in [-0.2, -0.15) is 0 Å². The number of nitrogens with zero attached hydrogens (tertiary/aromatic N) is 2. The Morgan fingerprint density at radius 2 is 1.97 bits per heavy atom. The maximum atomic E-state index is 12.9. The monoisotopic (exact) mass is 390 g/mol. The zero-order valence-electron chi connectivity index (χ0n) is 15.6. The van der Waals surface area contributed by atoms with Gasteiger partial charge in [-0.25, -0.2) is 0 Å². The third-order valence-electron chi connectivity index (χ3n) is 4.81. The maximum Gasteiger partial charge on any atom is 0.296 e. The van der Waals surface area contributed by atoms with Crippen LogP contribution in [0.5, 0.6) is 5.75 Å². The van der Waals surface area contributed by atoms with Gasteiger partial charge in [0.05, 0.1) is 31.5 Å². The van der Waals surface area contributed by atoms with Crippen LogP contribution in [-0.2, 0) is 16.1 Å². The normalized spacial score (nSPS) is 18.2. The van der Waals surface area contributed by atoms with E-state index in [2.05, 4.69) is 4.98 Å². The third-order valence-corrected chi connectivity index (χ3v) is 4.81. The van der Waals surface area contributed by atoms with Crippen molar-refractivity contribution >= 4 is 17.4 Å². The van der Waals surface area contributed by atoms with Gasteiger partial charge in [0, 0.05) is 18.0 Å². The largest absolute Gasteiger partial charge is 0.507 e. The van der Waals surface area contributed by atoms with Gasteiger partial charge in [0.25, 0.3) is 11.7 Å². The second kappa shape index (κ2) is 7.63. The van der Waals surface area contributed by atoms with Crippen LogP contribution in [0.2, 0.25) is 0 Å². The number of aliphatic hydroxyl groups is 1. The summed E-state index contributed by atoms with van der Waals surface area (Å²) in [6, 6.07) is 12.8. The number of benzene rings is 1. The Kier molecular flexibility index (Phi) is 4.87. The SMILES string of the molecule is COc1ccc(/C(O)=C2\C(=O)C(=O)N(Cc3ccco3)C2c2cccnc2)cc1. The molecule has 29 heavy (non-hydrogen) atoms. The highest BCUT2D eigenvalue weighted by atomic mass is 16.5. The van der Waals surface area contributed by atoms with Crippen molar-refractivity contribution in [1.82, 2.24) is 9.88 Å². The summed E-state index contributed by atoms with van der Waals surface area (Å²) in [7, 11) is 1.54. The molecule has 0 bridgehead atoms. The predicted molar refractivity (Wildman–Crippen MR) is 104 cm³/mol. The van der Waals surface area contributed by atoms with Crippen LogP contribution in [0.15, 0.2) is 77.2 Å². The van der Waals surface area contributed by atoms with Gasteiger partial charge in [0.2, 0.25) is 0 Å². The lowest BCUT2D eigenvalue weighted by Crippen LogP contribution is -2.29. The number of ketones is 1. The van der Waals surface area contributed by atoms with E-state index in [-0.39, 0.29) is 17.9 Å². The van der Waals surface area contributed by atoms with E-state index in [9.17, 15) is 14.7 Å². The number of furan rings is 1. The molecule has 7 nitrogen and oxygen atoms in total.